The molecule has 24 heavy (non-hydrogen) atoms. The van der Waals surface area contributed by atoms with Crippen LogP contribution in [-0.4, -0.2) is 29.2 Å². The Morgan fingerprint density at radius 3 is 2.58 bits per heavy atom. The fourth-order valence-corrected chi connectivity index (χ4v) is 2.54. The van der Waals surface area contributed by atoms with Gasteiger partial charge in [-0.2, -0.15) is 4.98 Å². The second-order valence-corrected chi connectivity index (χ2v) is 5.53. The lowest BCUT2D eigenvalue weighted by atomic mass is 10.1. The smallest absolute Gasteiger partial charge is 0.240 e. The average Bonchev–Trinajstić information content (AvgIpc) is 3.01. The van der Waals surface area contributed by atoms with Crippen LogP contribution in [0.15, 0.2) is 40.9 Å². The Labute approximate surface area is 147 Å². The SMILES string of the molecule is COc1ccc2cc(CN(C)Cc3noc(CN)n3)ccc2c1.Cl. The van der Waals surface area contributed by atoms with E-state index in [2.05, 4.69) is 39.3 Å². The number of hydrogen-bond donors (Lipinski definition) is 1. The second-order valence-electron chi connectivity index (χ2n) is 5.53. The van der Waals surface area contributed by atoms with Gasteiger partial charge in [0.2, 0.25) is 5.89 Å². The summed E-state index contributed by atoms with van der Waals surface area (Å²) in [5.74, 6) is 1.99. The number of fused-ring (bicyclic) bond motifs is 1. The maximum atomic E-state index is 5.47. The van der Waals surface area contributed by atoms with E-state index in [1.165, 1.54) is 16.3 Å². The molecule has 3 aromatic rings. The molecular weight excluding hydrogens is 328 g/mol. The van der Waals surface area contributed by atoms with Crippen LogP contribution in [0.3, 0.4) is 0 Å². The van der Waals surface area contributed by atoms with Gasteiger partial charge in [0.05, 0.1) is 20.2 Å². The molecular formula is C17H21ClN4O2. The largest absolute Gasteiger partial charge is 0.497 e. The first-order valence-electron chi connectivity index (χ1n) is 7.44. The van der Waals surface area contributed by atoms with Crippen molar-refractivity contribution < 1.29 is 9.26 Å². The maximum Gasteiger partial charge on any atom is 0.240 e. The molecule has 7 heteroatoms. The highest BCUT2D eigenvalue weighted by atomic mass is 35.5. The molecule has 0 bridgehead atoms. The molecule has 0 saturated carbocycles. The Morgan fingerprint density at radius 2 is 1.88 bits per heavy atom. The number of halogens is 1. The van der Waals surface area contributed by atoms with E-state index in [1.807, 2.05) is 19.2 Å². The average molecular weight is 349 g/mol. The van der Waals surface area contributed by atoms with Crippen molar-refractivity contribution in [3.8, 4) is 5.75 Å². The van der Waals surface area contributed by atoms with Gasteiger partial charge >= 0.3 is 0 Å². The monoisotopic (exact) mass is 348 g/mol. The van der Waals surface area contributed by atoms with Crippen LogP contribution < -0.4 is 10.5 Å². The molecule has 0 atom stereocenters. The molecule has 1 heterocycles. The van der Waals surface area contributed by atoms with Gasteiger partial charge in [0.15, 0.2) is 5.82 Å². The zero-order chi connectivity index (χ0) is 16.2. The number of rotatable bonds is 6. The predicted molar refractivity (Wildman–Crippen MR) is 95.1 cm³/mol. The summed E-state index contributed by atoms with van der Waals surface area (Å²) < 4.78 is 10.3. The van der Waals surface area contributed by atoms with Crippen LogP contribution in [0.1, 0.15) is 17.3 Å². The number of nitrogens with zero attached hydrogens (tertiary/aromatic N) is 3. The zero-order valence-electron chi connectivity index (χ0n) is 13.7. The molecule has 1 aromatic heterocycles. The zero-order valence-corrected chi connectivity index (χ0v) is 14.5. The van der Waals surface area contributed by atoms with Crippen molar-refractivity contribution in [3.05, 3.63) is 53.7 Å². The molecule has 128 valence electrons. The van der Waals surface area contributed by atoms with E-state index in [0.717, 1.165) is 12.3 Å². The molecule has 2 N–H and O–H groups in total. The molecule has 0 fully saturated rings. The first-order valence-corrected chi connectivity index (χ1v) is 7.44. The third kappa shape index (κ3) is 4.23. The van der Waals surface area contributed by atoms with Crippen molar-refractivity contribution in [2.75, 3.05) is 14.2 Å². The van der Waals surface area contributed by atoms with Gasteiger partial charge in [-0.25, -0.2) is 0 Å². The topological polar surface area (TPSA) is 77.4 Å². The highest BCUT2D eigenvalue weighted by Gasteiger charge is 2.09. The first-order chi connectivity index (χ1) is 11.2. The Balaban J connectivity index is 0.00000208. The van der Waals surface area contributed by atoms with Crippen molar-refractivity contribution in [2.24, 2.45) is 5.73 Å². The Bertz CT molecular complexity index is 806. The highest BCUT2D eigenvalue weighted by Crippen LogP contribution is 2.22. The summed E-state index contributed by atoms with van der Waals surface area (Å²) in [6.07, 6.45) is 0. The van der Waals surface area contributed by atoms with Crippen molar-refractivity contribution in [1.82, 2.24) is 15.0 Å². The van der Waals surface area contributed by atoms with E-state index in [0.29, 0.717) is 18.3 Å². The molecule has 0 radical (unpaired) electrons. The van der Waals surface area contributed by atoms with Crippen molar-refractivity contribution in [3.63, 3.8) is 0 Å². The van der Waals surface area contributed by atoms with E-state index in [-0.39, 0.29) is 19.0 Å². The van der Waals surface area contributed by atoms with Gasteiger partial charge in [0, 0.05) is 6.54 Å². The van der Waals surface area contributed by atoms with Crippen LogP contribution in [0, 0.1) is 0 Å². The minimum Gasteiger partial charge on any atom is -0.497 e. The van der Waals surface area contributed by atoms with E-state index >= 15 is 0 Å². The van der Waals surface area contributed by atoms with Crippen LogP contribution in [0.4, 0.5) is 0 Å². The number of benzene rings is 2. The highest BCUT2D eigenvalue weighted by molar-refractivity contribution is 5.85. The molecule has 0 aliphatic carbocycles. The summed E-state index contributed by atoms with van der Waals surface area (Å²) in [7, 11) is 3.70. The van der Waals surface area contributed by atoms with Gasteiger partial charge in [-0.1, -0.05) is 23.4 Å². The summed E-state index contributed by atoms with van der Waals surface area (Å²) in [6, 6.07) is 12.5. The molecule has 0 spiro atoms. The van der Waals surface area contributed by atoms with Crippen molar-refractivity contribution in [1.29, 1.82) is 0 Å². The van der Waals surface area contributed by atoms with E-state index in [4.69, 9.17) is 15.0 Å². The molecule has 2 aromatic carbocycles. The van der Waals surface area contributed by atoms with E-state index < -0.39 is 0 Å². The third-order valence-electron chi connectivity index (χ3n) is 3.66. The standard InChI is InChI=1S/C17H20N4O2.ClH/c1-21(11-16-19-17(9-18)23-20-16)10-12-3-4-14-8-15(22-2)6-5-13(14)7-12;/h3-8H,9-11,18H2,1-2H3;1H. The fourth-order valence-electron chi connectivity index (χ4n) is 2.54. The van der Waals surface area contributed by atoms with Crippen molar-refractivity contribution in [2.45, 2.75) is 19.6 Å². The summed E-state index contributed by atoms with van der Waals surface area (Å²) in [5.41, 5.74) is 6.70. The van der Waals surface area contributed by atoms with E-state index in [9.17, 15) is 0 Å². The van der Waals surface area contributed by atoms with Crippen LogP contribution in [-0.2, 0) is 19.6 Å². The summed E-state index contributed by atoms with van der Waals surface area (Å²) in [6.45, 7) is 1.68. The van der Waals surface area contributed by atoms with Gasteiger partial charge in [-0.05, 0) is 41.6 Å². The molecule has 0 saturated heterocycles. The lowest BCUT2D eigenvalue weighted by Crippen LogP contribution is -2.18. The van der Waals surface area contributed by atoms with E-state index in [1.54, 1.807) is 7.11 Å². The number of hydrogen-bond acceptors (Lipinski definition) is 6. The van der Waals surface area contributed by atoms with Gasteiger partial charge < -0.3 is 15.0 Å². The Morgan fingerprint density at radius 1 is 1.12 bits per heavy atom. The lowest BCUT2D eigenvalue weighted by Gasteiger charge is -2.15. The molecule has 6 nitrogen and oxygen atoms in total. The minimum absolute atomic E-state index is 0. The lowest BCUT2D eigenvalue weighted by molar-refractivity contribution is 0.300. The molecule has 0 amide bonds. The molecule has 0 aliphatic rings. The van der Waals surface area contributed by atoms with Crippen LogP contribution in [0.2, 0.25) is 0 Å². The predicted octanol–water partition coefficient (Wildman–Crippen LogP) is 2.74. The third-order valence-corrected chi connectivity index (χ3v) is 3.66. The molecule has 3 rings (SSSR count). The number of aromatic nitrogens is 2. The maximum absolute atomic E-state index is 5.47. The Kier molecular flexibility index (Phi) is 6.14. The van der Waals surface area contributed by atoms with Gasteiger partial charge in [0.1, 0.15) is 5.75 Å². The first kappa shape index (κ1) is 18.2. The summed E-state index contributed by atoms with van der Waals surface area (Å²) in [5, 5.41) is 6.28. The van der Waals surface area contributed by atoms with Crippen molar-refractivity contribution >= 4 is 23.2 Å². The summed E-state index contributed by atoms with van der Waals surface area (Å²) >= 11 is 0. The number of methoxy groups -OCH3 is 1. The normalized spacial score (nSPS) is 10.8. The van der Waals surface area contributed by atoms with Crippen LogP contribution in [0.25, 0.3) is 10.8 Å². The quantitative estimate of drug-likeness (QED) is 0.738. The number of ether oxygens (including phenoxy) is 1. The fraction of sp³-hybridized carbons (Fsp3) is 0.294. The van der Waals surface area contributed by atoms with Crippen LogP contribution >= 0.6 is 12.4 Å². The minimum atomic E-state index is 0. The van der Waals surface area contributed by atoms with Gasteiger partial charge in [0.25, 0.3) is 0 Å². The second kappa shape index (κ2) is 8.10. The molecule has 0 aliphatic heterocycles. The number of nitrogens with two attached hydrogens (primary N) is 1. The summed E-state index contributed by atoms with van der Waals surface area (Å²) in [4.78, 5) is 6.36. The van der Waals surface area contributed by atoms with Gasteiger partial charge in [-0.3, -0.25) is 4.90 Å². The van der Waals surface area contributed by atoms with Crippen LogP contribution in [0.5, 0.6) is 5.75 Å². The molecule has 0 unspecified atom stereocenters. The van der Waals surface area contributed by atoms with Gasteiger partial charge in [-0.15, -0.1) is 12.4 Å². The Hall–Kier alpha value is -2.15.